The topological polar surface area (TPSA) is 51.0 Å². The minimum Gasteiger partial charge on any atom is -0.268 e. The van der Waals surface area contributed by atoms with Crippen molar-refractivity contribution >= 4 is 69.2 Å². The molecule has 3 aromatic rings. The van der Waals surface area contributed by atoms with Crippen molar-refractivity contribution < 1.29 is 4.79 Å². The molecule has 0 spiro atoms. The Morgan fingerprint density at radius 3 is 2.68 bits per heavy atom. The second-order valence-electron chi connectivity index (χ2n) is 5.91. The number of amides is 1. The third-order valence-corrected chi connectivity index (χ3v) is 5.97. The highest BCUT2D eigenvalue weighted by Gasteiger charge is 2.34. The van der Waals surface area contributed by atoms with Crippen molar-refractivity contribution in [1.82, 2.24) is 14.8 Å². The van der Waals surface area contributed by atoms with Crippen LogP contribution in [-0.2, 0) is 4.79 Å². The number of halogens is 2. The second kappa shape index (κ2) is 7.67. The van der Waals surface area contributed by atoms with Gasteiger partial charge in [-0.15, -0.1) is 0 Å². The Balaban J connectivity index is 1.72. The molecule has 9 heteroatoms. The summed E-state index contributed by atoms with van der Waals surface area (Å²) in [6, 6.07) is 10.8. The lowest BCUT2D eigenvalue weighted by Gasteiger charge is -2.13. The Kier molecular flexibility index (Phi) is 5.25. The number of pyridine rings is 1. The monoisotopic (exact) mass is 446 g/mol. The van der Waals surface area contributed by atoms with E-state index in [1.54, 1.807) is 47.4 Å². The first-order chi connectivity index (χ1) is 13.5. The van der Waals surface area contributed by atoms with Crippen LogP contribution in [0.5, 0.6) is 0 Å². The van der Waals surface area contributed by atoms with Gasteiger partial charge in [-0.25, -0.2) is 4.68 Å². The second-order valence-corrected chi connectivity index (χ2v) is 8.38. The highest BCUT2D eigenvalue weighted by atomic mass is 35.5. The summed E-state index contributed by atoms with van der Waals surface area (Å²) in [5, 5.41) is 5.47. The molecule has 140 valence electrons. The maximum atomic E-state index is 12.9. The van der Waals surface area contributed by atoms with Crippen molar-refractivity contribution in [1.29, 1.82) is 0 Å². The molecule has 1 aromatic carbocycles. The molecule has 2 aromatic heterocycles. The molecule has 0 bridgehead atoms. The first kappa shape index (κ1) is 19.1. The summed E-state index contributed by atoms with van der Waals surface area (Å²) >= 11 is 19.2. The van der Waals surface area contributed by atoms with Crippen molar-refractivity contribution in [2.24, 2.45) is 0 Å². The van der Waals surface area contributed by atoms with Crippen LogP contribution in [0.25, 0.3) is 11.8 Å². The molecule has 0 radical (unpaired) electrons. The van der Waals surface area contributed by atoms with E-state index in [4.69, 9.17) is 35.4 Å². The number of thiocarbonyl (C=S) groups is 1. The van der Waals surface area contributed by atoms with Crippen LogP contribution >= 0.6 is 47.2 Å². The Hall–Kier alpha value is -2.19. The average molecular weight is 447 g/mol. The number of nitrogens with zero attached hydrogens (tertiary/aromatic N) is 4. The molecule has 0 saturated carbocycles. The lowest BCUT2D eigenvalue weighted by Crippen LogP contribution is -2.27. The molecule has 0 aliphatic carbocycles. The number of aromatic nitrogens is 3. The number of anilines is 1. The van der Waals surface area contributed by atoms with E-state index in [1.165, 1.54) is 16.7 Å². The molecule has 1 aliphatic rings. The molecule has 28 heavy (non-hydrogen) atoms. The molecule has 4 rings (SSSR count). The van der Waals surface area contributed by atoms with Crippen LogP contribution in [0.1, 0.15) is 11.3 Å². The number of carbonyl (C=O) groups is 1. The number of aryl methyl sites for hydroxylation is 1. The van der Waals surface area contributed by atoms with Gasteiger partial charge in [0.25, 0.3) is 5.91 Å². The van der Waals surface area contributed by atoms with E-state index < -0.39 is 0 Å². The number of thioether (sulfide) groups is 1. The van der Waals surface area contributed by atoms with Gasteiger partial charge in [0, 0.05) is 16.8 Å². The highest BCUT2D eigenvalue weighted by molar-refractivity contribution is 8.27. The normalized spacial score (nSPS) is 15.7. The van der Waals surface area contributed by atoms with E-state index in [-0.39, 0.29) is 5.91 Å². The fraction of sp³-hybridized carbons (Fsp3) is 0.0526. The predicted molar refractivity (Wildman–Crippen MR) is 118 cm³/mol. The van der Waals surface area contributed by atoms with Gasteiger partial charge in [0.1, 0.15) is 5.15 Å². The summed E-state index contributed by atoms with van der Waals surface area (Å²) in [7, 11) is 0. The molecular weight excluding hydrogens is 435 g/mol. The van der Waals surface area contributed by atoms with Gasteiger partial charge in [-0.2, -0.15) is 5.10 Å². The predicted octanol–water partition coefficient (Wildman–Crippen LogP) is 5.29. The minimum atomic E-state index is -0.214. The van der Waals surface area contributed by atoms with Gasteiger partial charge in [0.15, 0.2) is 4.32 Å². The van der Waals surface area contributed by atoms with E-state index in [2.05, 4.69) is 10.1 Å². The molecular formula is C19H12Cl2N4OS2. The molecule has 3 heterocycles. The molecule has 0 atom stereocenters. The highest BCUT2D eigenvalue weighted by Crippen LogP contribution is 2.37. The zero-order valence-corrected chi connectivity index (χ0v) is 17.6. The zero-order valence-electron chi connectivity index (χ0n) is 14.5. The number of hydrogen-bond donors (Lipinski definition) is 0. The smallest absolute Gasteiger partial charge is 0.268 e. The average Bonchev–Trinajstić information content (AvgIpc) is 3.12. The van der Waals surface area contributed by atoms with Crippen LogP contribution in [-0.4, -0.2) is 25.0 Å². The molecule has 1 saturated heterocycles. The van der Waals surface area contributed by atoms with Crippen LogP contribution in [0.15, 0.2) is 53.7 Å². The largest absolute Gasteiger partial charge is 0.270 e. The summed E-state index contributed by atoms with van der Waals surface area (Å²) in [6.07, 6.45) is 4.97. The molecule has 1 fully saturated rings. The third kappa shape index (κ3) is 3.46. The van der Waals surface area contributed by atoms with Crippen LogP contribution in [0.3, 0.4) is 0 Å². The summed E-state index contributed by atoms with van der Waals surface area (Å²) in [6.45, 7) is 1.83. The molecule has 0 unspecified atom stereocenters. The summed E-state index contributed by atoms with van der Waals surface area (Å²) in [5.74, 6) is -0.214. The number of benzene rings is 1. The van der Waals surface area contributed by atoms with Crippen LogP contribution in [0, 0.1) is 6.92 Å². The van der Waals surface area contributed by atoms with Crippen molar-refractivity contribution in [2.75, 3.05) is 4.90 Å². The van der Waals surface area contributed by atoms with Gasteiger partial charge in [-0.1, -0.05) is 53.2 Å². The first-order valence-electron chi connectivity index (χ1n) is 8.15. The van der Waals surface area contributed by atoms with Gasteiger partial charge in [-0.3, -0.25) is 14.7 Å². The third-order valence-electron chi connectivity index (χ3n) is 4.07. The van der Waals surface area contributed by atoms with E-state index in [0.29, 0.717) is 36.3 Å². The van der Waals surface area contributed by atoms with Gasteiger partial charge < -0.3 is 0 Å². The lowest BCUT2D eigenvalue weighted by atomic mass is 10.2. The number of rotatable bonds is 3. The van der Waals surface area contributed by atoms with Crippen molar-refractivity contribution in [3.63, 3.8) is 0 Å². The van der Waals surface area contributed by atoms with Crippen LogP contribution in [0.4, 0.5) is 5.69 Å². The Bertz CT molecular complexity index is 1130. The minimum absolute atomic E-state index is 0.214. The summed E-state index contributed by atoms with van der Waals surface area (Å²) in [5.41, 5.74) is 2.72. The first-order valence-corrected chi connectivity index (χ1v) is 10.1. The van der Waals surface area contributed by atoms with E-state index in [1.807, 2.05) is 19.1 Å². The fourth-order valence-electron chi connectivity index (χ4n) is 2.76. The van der Waals surface area contributed by atoms with E-state index in [9.17, 15) is 4.79 Å². The van der Waals surface area contributed by atoms with E-state index in [0.717, 1.165) is 5.69 Å². The maximum absolute atomic E-state index is 12.9. The molecule has 5 nitrogen and oxygen atoms in total. The Labute approximate surface area is 181 Å². The molecule has 1 aliphatic heterocycles. The van der Waals surface area contributed by atoms with Crippen molar-refractivity contribution in [3.8, 4) is 5.69 Å². The van der Waals surface area contributed by atoms with Crippen LogP contribution < -0.4 is 4.90 Å². The van der Waals surface area contributed by atoms with Gasteiger partial charge in [-0.05, 0) is 43.3 Å². The quantitative estimate of drug-likeness (QED) is 0.404. The Morgan fingerprint density at radius 2 is 1.96 bits per heavy atom. The molecule has 1 amide bonds. The lowest BCUT2D eigenvalue weighted by molar-refractivity contribution is -0.113. The van der Waals surface area contributed by atoms with E-state index >= 15 is 0 Å². The number of carbonyl (C=O) groups excluding carboxylic acids is 1. The fourth-order valence-corrected chi connectivity index (χ4v) is 4.55. The van der Waals surface area contributed by atoms with Crippen molar-refractivity contribution in [3.05, 3.63) is 75.1 Å². The summed E-state index contributed by atoms with van der Waals surface area (Å²) in [4.78, 5) is 18.9. The SMILES string of the molecule is Cc1nn(-c2cccc(Cl)c2)c(Cl)c1/C=C1\SC(=S)N(c2cccnc2)C1=O. The van der Waals surface area contributed by atoms with Gasteiger partial charge in [0.05, 0.1) is 28.2 Å². The zero-order chi connectivity index (χ0) is 19.8. The Morgan fingerprint density at radius 1 is 1.18 bits per heavy atom. The standard InChI is InChI=1S/C19H12Cl2N4OS2/c1-11-15(17(21)25(23-11)13-5-2-4-12(20)8-13)9-16-18(26)24(19(27)28-16)14-6-3-7-22-10-14/h2-10H,1H3/b16-9-. The maximum Gasteiger partial charge on any atom is 0.270 e. The van der Waals surface area contributed by atoms with Gasteiger partial charge in [0.2, 0.25) is 0 Å². The van der Waals surface area contributed by atoms with Crippen LogP contribution in [0.2, 0.25) is 10.2 Å². The van der Waals surface area contributed by atoms with Crippen molar-refractivity contribution in [2.45, 2.75) is 6.92 Å². The number of hydrogen-bond acceptors (Lipinski definition) is 5. The summed E-state index contributed by atoms with van der Waals surface area (Å²) < 4.78 is 2.04. The van der Waals surface area contributed by atoms with Gasteiger partial charge >= 0.3 is 0 Å². The molecule has 0 N–H and O–H groups in total.